The minimum absolute atomic E-state index is 0.0480. The van der Waals surface area contributed by atoms with Gasteiger partial charge in [0.15, 0.2) is 4.96 Å². The van der Waals surface area contributed by atoms with Crippen LogP contribution in [0.5, 0.6) is 0 Å². The van der Waals surface area contributed by atoms with Crippen molar-refractivity contribution in [1.82, 2.24) is 19.6 Å². The Morgan fingerprint density at radius 1 is 1.50 bits per heavy atom. The third-order valence-corrected chi connectivity index (χ3v) is 4.37. The number of hydrogen-bond donors (Lipinski definition) is 1. The molecule has 1 atom stereocenters. The van der Waals surface area contributed by atoms with E-state index in [1.165, 1.54) is 21.9 Å². The molecule has 1 amide bonds. The van der Waals surface area contributed by atoms with Crippen LogP contribution in [-0.2, 0) is 4.74 Å². The quantitative estimate of drug-likeness (QED) is 0.871. The Hall–Kier alpha value is -1.77. The summed E-state index contributed by atoms with van der Waals surface area (Å²) in [5.41, 5.74) is -0.257. The first-order chi connectivity index (χ1) is 10.6. The predicted molar refractivity (Wildman–Crippen MR) is 83.5 cm³/mol. The van der Waals surface area contributed by atoms with Crippen molar-refractivity contribution in [2.45, 2.75) is 13.0 Å². The average molecular weight is 322 g/mol. The van der Waals surface area contributed by atoms with Crippen molar-refractivity contribution in [2.75, 3.05) is 32.8 Å². The number of fused-ring (bicyclic) bond motifs is 1. The van der Waals surface area contributed by atoms with Crippen LogP contribution in [0.15, 0.2) is 22.6 Å². The molecule has 0 bridgehead atoms. The highest BCUT2D eigenvalue weighted by molar-refractivity contribution is 7.15. The smallest absolute Gasteiger partial charge is 0.271 e. The van der Waals surface area contributed by atoms with Crippen LogP contribution in [0.1, 0.15) is 17.3 Å². The molecule has 0 aromatic carbocycles. The fraction of sp³-hybridized carbons (Fsp3) is 0.500. The summed E-state index contributed by atoms with van der Waals surface area (Å²) < 4.78 is 6.70. The number of carbonyl (C=O) groups is 1. The summed E-state index contributed by atoms with van der Waals surface area (Å²) in [6, 6.07) is -0.0480. The molecule has 8 heteroatoms. The number of aromatic nitrogens is 2. The van der Waals surface area contributed by atoms with E-state index >= 15 is 0 Å². The molecule has 1 saturated heterocycles. The summed E-state index contributed by atoms with van der Waals surface area (Å²) in [6.45, 7) is 5.85. The van der Waals surface area contributed by atoms with Crippen molar-refractivity contribution >= 4 is 22.2 Å². The molecular weight excluding hydrogens is 304 g/mol. The minimum atomic E-state index is -0.376. The van der Waals surface area contributed by atoms with Crippen LogP contribution in [0, 0.1) is 0 Å². The Morgan fingerprint density at radius 2 is 2.27 bits per heavy atom. The van der Waals surface area contributed by atoms with Crippen LogP contribution in [-0.4, -0.2) is 59.1 Å². The normalized spacial score (nSPS) is 17.5. The van der Waals surface area contributed by atoms with Crippen molar-refractivity contribution in [2.24, 2.45) is 0 Å². The predicted octanol–water partition coefficient (Wildman–Crippen LogP) is 0.206. The largest absolute Gasteiger partial charge is 0.379 e. The Balaban J connectivity index is 1.67. The van der Waals surface area contributed by atoms with Gasteiger partial charge in [-0.05, 0) is 6.92 Å². The van der Waals surface area contributed by atoms with Crippen molar-refractivity contribution in [3.05, 3.63) is 33.7 Å². The zero-order chi connectivity index (χ0) is 15.5. The maximum absolute atomic E-state index is 12.3. The number of morpholine rings is 1. The number of nitrogens with zero attached hydrogens (tertiary/aromatic N) is 3. The molecule has 0 spiro atoms. The topological polar surface area (TPSA) is 75.9 Å². The number of carbonyl (C=O) groups excluding carboxylic acids is 1. The second-order valence-corrected chi connectivity index (χ2v) is 6.19. The van der Waals surface area contributed by atoms with Crippen LogP contribution >= 0.6 is 11.3 Å². The number of thiazole rings is 1. The van der Waals surface area contributed by atoms with Gasteiger partial charge in [0, 0.05) is 43.4 Å². The Bertz CT molecular complexity index is 720. The molecule has 0 unspecified atom stereocenters. The third-order valence-electron chi connectivity index (χ3n) is 3.60. The monoisotopic (exact) mass is 322 g/mol. The molecule has 2 aromatic heterocycles. The van der Waals surface area contributed by atoms with E-state index in [0.717, 1.165) is 32.8 Å². The van der Waals surface area contributed by atoms with Gasteiger partial charge in [-0.1, -0.05) is 0 Å². The fourth-order valence-electron chi connectivity index (χ4n) is 2.50. The average Bonchev–Trinajstić information content (AvgIpc) is 2.97. The Morgan fingerprint density at radius 3 is 3.05 bits per heavy atom. The van der Waals surface area contributed by atoms with Crippen LogP contribution in [0.4, 0.5) is 0 Å². The second kappa shape index (κ2) is 6.55. The first-order valence-electron chi connectivity index (χ1n) is 7.21. The summed E-state index contributed by atoms with van der Waals surface area (Å²) in [4.78, 5) is 31.5. The Labute approximate surface area is 131 Å². The van der Waals surface area contributed by atoms with Crippen molar-refractivity contribution < 1.29 is 9.53 Å². The van der Waals surface area contributed by atoms with Gasteiger partial charge < -0.3 is 10.1 Å². The lowest BCUT2D eigenvalue weighted by Gasteiger charge is -2.29. The molecule has 1 N–H and O–H groups in total. The summed E-state index contributed by atoms with van der Waals surface area (Å²) in [5, 5.41) is 4.64. The fourth-order valence-corrected chi connectivity index (χ4v) is 3.17. The van der Waals surface area contributed by atoms with Crippen molar-refractivity contribution in [1.29, 1.82) is 0 Å². The molecule has 118 valence electrons. The van der Waals surface area contributed by atoms with Gasteiger partial charge in [0.1, 0.15) is 5.56 Å². The molecule has 2 aromatic rings. The molecule has 1 aliphatic rings. The lowest BCUT2D eigenvalue weighted by atomic mass is 10.2. The Kier molecular flexibility index (Phi) is 4.51. The van der Waals surface area contributed by atoms with Gasteiger partial charge in [-0.3, -0.25) is 18.9 Å². The maximum Gasteiger partial charge on any atom is 0.271 e. The zero-order valence-electron chi connectivity index (χ0n) is 12.3. The lowest BCUT2D eigenvalue weighted by Crippen LogP contribution is -2.46. The van der Waals surface area contributed by atoms with Crippen LogP contribution in [0.3, 0.4) is 0 Å². The molecule has 1 aliphatic heterocycles. The molecule has 0 saturated carbocycles. The SMILES string of the molecule is C[C@@H](CN1CCOCC1)NC(=O)c1cnc2sccn2c1=O. The molecule has 0 aliphatic carbocycles. The molecule has 7 nitrogen and oxygen atoms in total. The first kappa shape index (κ1) is 15.1. The van der Waals surface area contributed by atoms with Crippen LogP contribution in [0.25, 0.3) is 4.96 Å². The van der Waals surface area contributed by atoms with Crippen LogP contribution in [0.2, 0.25) is 0 Å². The van der Waals surface area contributed by atoms with Gasteiger partial charge in [0.05, 0.1) is 13.2 Å². The maximum atomic E-state index is 12.3. The molecule has 0 radical (unpaired) electrons. The van der Waals surface area contributed by atoms with Gasteiger partial charge in [-0.25, -0.2) is 4.98 Å². The molecule has 3 rings (SSSR count). The van der Waals surface area contributed by atoms with E-state index in [1.54, 1.807) is 11.6 Å². The molecule has 3 heterocycles. The van der Waals surface area contributed by atoms with Gasteiger partial charge in [-0.2, -0.15) is 0 Å². The van der Waals surface area contributed by atoms with E-state index in [4.69, 9.17) is 4.74 Å². The molecule has 1 fully saturated rings. The van der Waals surface area contributed by atoms with E-state index in [2.05, 4.69) is 15.2 Å². The third kappa shape index (κ3) is 3.18. The van der Waals surface area contributed by atoms with Crippen molar-refractivity contribution in [3.63, 3.8) is 0 Å². The standard InChI is InChI=1S/C14H18N4O3S/c1-10(9-17-2-5-21-6-3-17)16-12(19)11-8-15-14-18(13(11)20)4-7-22-14/h4,7-8,10H,2-3,5-6,9H2,1H3,(H,16,19)/t10-/m0/s1. The van der Waals surface area contributed by atoms with Gasteiger partial charge in [0.2, 0.25) is 0 Å². The molecule has 22 heavy (non-hydrogen) atoms. The van der Waals surface area contributed by atoms with Gasteiger partial charge >= 0.3 is 0 Å². The zero-order valence-corrected chi connectivity index (χ0v) is 13.1. The number of rotatable bonds is 4. The number of amides is 1. The van der Waals surface area contributed by atoms with Gasteiger partial charge in [-0.15, -0.1) is 11.3 Å². The number of hydrogen-bond acceptors (Lipinski definition) is 6. The summed E-state index contributed by atoms with van der Waals surface area (Å²) in [6.07, 6.45) is 2.98. The van der Waals surface area contributed by atoms with E-state index in [1.807, 2.05) is 6.92 Å². The lowest BCUT2D eigenvalue weighted by molar-refractivity contribution is 0.0342. The van der Waals surface area contributed by atoms with Crippen LogP contribution < -0.4 is 10.9 Å². The van der Waals surface area contributed by atoms with E-state index in [-0.39, 0.29) is 23.1 Å². The van der Waals surface area contributed by atoms with E-state index in [9.17, 15) is 9.59 Å². The first-order valence-corrected chi connectivity index (χ1v) is 8.09. The highest BCUT2D eigenvalue weighted by Gasteiger charge is 2.18. The number of nitrogens with one attached hydrogen (secondary N) is 1. The summed E-state index contributed by atoms with van der Waals surface area (Å²) in [7, 11) is 0. The highest BCUT2D eigenvalue weighted by atomic mass is 32.1. The molecular formula is C14H18N4O3S. The summed E-state index contributed by atoms with van der Waals surface area (Å²) >= 11 is 1.36. The van der Waals surface area contributed by atoms with E-state index < -0.39 is 0 Å². The van der Waals surface area contributed by atoms with E-state index in [0.29, 0.717) is 4.96 Å². The highest BCUT2D eigenvalue weighted by Crippen LogP contribution is 2.06. The number of ether oxygens (including phenoxy) is 1. The summed E-state index contributed by atoms with van der Waals surface area (Å²) in [5.74, 6) is -0.376. The minimum Gasteiger partial charge on any atom is -0.379 e. The second-order valence-electron chi connectivity index (χ2n) is 5.32. The van der Waals surface area contributed by atoms with Gasteiger partial charge in [0.25, 0.3) is 11.5 Å². The van der Waals surface area contributed by atoms with Crippen molar-refractivity contribution in [3.8, 4) is 0 Å².